The van der Waals surface area contributed by atoms with Gasteiger partial charge in [-0.15, -0.1) is 11.6 Å². The lowest BCUT2D eigenvalue weighted by Crippen LogP contribution is -2.02. The van der Waals surface area contributed by atoms with Crippen LogP contribution in [-0.2, 0) is 5.88 Å². The van der Waals surface area contributed by atoms with Crippen LogP contribution in [-0.4, -0.2) is 11.3 Å². The number of rotatable bonds is 3. The maximum atomic E-state index is 12.5. The van der Waals surface area contributed by atoms with Crippen LogP contribution in [0.4, 0.5) is 8.78 Å². The first-order chi connectivity index (χ1) is 6.60. The highest BCUT2D eigenvalue weighted by atomic mass is 127. The molecule has 6 heteroatoms. The molecule has 0 saturated carbocycles. The Bertz CT molecular complexity index is 359. The minimum absolute atomic E-state index is 0.0505. The highest BCUT2D eigenvalue weighted by Gasteiger charge is 2.17. The van der Waals surface area contributed by atoms with E-state index in [1.807, 2.05) is 0 Å². The molecule has 0 spiro atoms. The summed E-state index contributed by atoms with van der Waals surface area (Å²) < 4.78 is 25.2. The lowest BCUT2D eigenvalue weighted by atomic mass is 10.1. The third-order valence-electron chi connectivity index (χ3n) is 1.59. The maximum Gasteiger partial charge on any atom is 0.264 e. The summed E-state index contributed by atoms with van der Waals surface area (Å²) in [4.78, 5) is 14.4. The van der Waals surface area contributed by atoms with Gasteiger partial charge in [-0.1, -0.05) is 0 Å². The molecule has 2 nitrogen and oxygen atoms in total. The second-order valence-corrected chi connectivity index (χ2v) is 3.75. The van der Waals surface area contributed by atoms with Gasteiger partial charge in [0.25, 0.3) is 6.43 Å². The van der Waals surface area contributed by atoms with Crippen LogP contribution in [0.3, 0.4) is 0 Å². The molecule has 0 N–H and O–H groups in total. The van der Waals surface area contributed by atoms with Crippen molar-refractivity contribution >= 4 is 40.5 Å². The Morgan fingerprint density at radius 1 is 1.64 bits per heavy atom. The molecular weight excluding hydrogens is 326 g/mol. The predicted molar refractivity (Wildman–Crippen MR) is 56.9 cm³/mol. The van der Waals surface area contributed by atoms with E-state index in [1.54, 1.807) is 22.6 Å². The van der Waals surface area contributed by atoms with Gasteiger partial charge in [0.2, 0.25) is 0 Å². The fourth-order valence-electron chi connectivity index (χ4n) is 0.961. The molecule has 0 aliphatic heterocycles. The second-order valence-electron chi connectivity index (χ2n) is 2.46. The number of pyridine rings is 1. The predicted octanol–water partition coefficient (Wildman–Crippen LogP) is 3.18. The molecule has 76 valence electrons. The first-order valence-corrected chi connectivity index (χ1v) is 5.20. The molecule has 1 aromatic rings. The highest BCUT2D eigenvalue weighted by Crippen LogP contribution is 2.25. The van der Waals surface area contributed by atoms with Crippen LogP contribution in [0.5, 0.6) is 0 Å². The Morgan fingerprint density at radius 2 is 2.29 bits per heavy atom. The number of carbonyl (C=O) groups is 1. The molecule has 0 aromatic carbocycles. The maximum absolute atomic E-state index is 12.5. The van der Waals surface area contributed by atoms with E-state index in [4.69, 9.17) is 11.6 Å². The number of carbonyl (C=O) groups excluding carboxylic acids is 1. The van der Waals surface area contributed by atoms with Gasteiger partial charge in [0.1, 0.15) is 3.70 Å². The van der Waals surface area contributed by atoms with Crippen LogP contribution < -0.4 is 0 Å². The summed E-state index contributed by atoms with van der Waals surface area (Å²) in [5.41, 5.74) is -0.0264. The van der Waals surface area contributed by atoms with Gasteiger partial charge < -0.3 is 0 Å². The molecule has 1 aromatic heterocycles. The van der Waals surface area contributed by atoms with Crippen LogP contribution in [0.15, 0.2) is 6.07 Å². The zero-order chi connectivity index (χ0) is 10.7. The van der Waals surface area contributed by atoms with E-state index >= 15 is 0 Å². The summed E-state index contributed by atoms with van der Waals surface area (Å²) in [6.45, 7) is 0. The smallest absolute Gasteiger partial charge is 0.264 e. The van der Waals surface area contributed by atoms with Crippen molar-refractivity contribution in [2.24, 2.45) is 0 Å². The Balaban J connectivity index is 3.35. The second kappa shape index (κ2) is 4.97. The number of nitrogens with zero attached hydrogens (tertiary/aromatic N) is 1. The largest absolute Gasteiger partial charge is 0.298 e. The number of aromatic nitrogens is 1. The first-order valence-electron chi connectivity index (χ1n) is 3.58. The summed E-state index contributed by atoms with van der Waals surface area (Å²) in [5.74, 6) is 0.0505. The monoisotopic (exact) mass is 331 g/mol. The number of hydrogen-bond acceptors (Lipinski definition) is 2. The van der Waals surface area contributed by atoms with Crippen molar-refractivity contribution in [3.63, 3.8) is 0 Å². The standard InChI is InChI=1S/C8H5ClF2INO/c9-2-4-1-5(7(10)11)6(3-14)8(12)13-4/h1,3,7H,2H2. The Labute approximate surface area is 97.8 Å². The van der Waals surface area contributed by atoms with Gasteiger partial charge >= 0.3 is 0 Å². The van der Waals surface area contributed by atoms with Crippen molar-refractivity contribution in [3.05, 3.63) is 26.6 Å². The van der Waals surface area contributed by atoms with Gasteiger partial charge in [0.15, 0.2) is 6.29 Å². The molecule has 0 aliphatic rings. The molecule has 14 heavy (non-hydrogen) atoms. The molecule has 0 amide bonds. The van der Waals surface area contributed by atoms with Crippen molar-refractivity contribution in [2.45, 2.75) is 12.3 Å². The summed E-state index contributed by atoms with van der Waals surface area (Å²) in [6, 6.07) is 1.16. The van der Waals surface area contributed by atoms with Crippen molar-refractivity contribution in [1.29, 1.82) is 0 Å². The van der Waals surface area contributed by atoms with Crippen LogP contribution >= 0.6 is 34.2 Å². The van der Waals surface area contributed by atoms with Crippen molar-refractivity contribution in [1.82, 2.24) is 4.98 Å². The Kier molecular flexibility index (Phi) is 4.18. The quantitative estimate of drug-likeness (QED) is 0.368. The average molecular weight is 331 g/mol. The van der Waals surface area contributed by atoms with Gasteiger partial charge in [-0.05, 0) is 28.7 Å². The van der Waals surface area contributed by atoms with Crippen LogP contribution in [0.2, 0.25) is 0 Å². The molecule has 0 bridgehead atoms. The van der Waals surface area contributed by atoms with Gasteiger partial charge in [-0.25, -0.2) is 13.8 Å². The molecule has 0 aliphatic carbocycles. The molecular formula is C8H5ClF2INO. The number of hydrogen-bond donors (Lipinski definition) is 0. The lowest BCUT2D eigenvalue weighted by Gasteiger charge is -2.06. The minimum Gasteiger partial charge on any atom is -0.298 e. The average Bonchev–Trinajstić information content (AvgIpc) is 2.16. The number of halogens is 4. The van der Waals surface area contributed by atoms with Gasteiger partial charge in [-0.3, -0.25) is 4.79 Å². The van der Waals surface area contributed by atoms with E-state index in [1.165, 1.54) is 0 Å². The molecule has 1 rings (SSSR count). The normalized spacial score (nSPS) is 10.6. The van der Waals surface area contributed by atoms with Crippen molar-refractivity contribution < 1.29 is 13.6 Å². The molecule has 0 fully saturated rings. The topological polar surface area (TPSA) is 30.0 Å². The van der Waals surface area contributed by atoms with E-state index in [-0.39, 0.29) is 20.7 Å². The van der Waals surface area contributed by atoms with Crippen LogP contribution in [0.25, 0.3) is 0 Å². The van der Waals surface area contributed by atoms with E-state index in [0.29, 0.717) is 12.0 Å². The van der Waals surface area contributed by atoms with E-state index < -0.39 is 6.43 Å². The number of alkyl halides is 3. The van der Waals surface area contributed by atoms with Crippen LogP contribution in [0, 0.1) is 3.70 Å². The zero-order valence-electron chi connectivity index (χ0n) is 6.81. The van der Waals surface area contributed by atoms with E-state index in [0.717, 1.165) is 6.07 Å². The fourth-order valence-corrected chi connectivity index (χ4v) is 1.85. The van der Waals surface area contributed by atoms with Gasteiger partial charge in [-0.2, -0.15) is 0 Å². The third kappa shape index (κ3) is 2.38. The molecule has 0 atom stereocenters. The van der Waals surface area contributed by atoms with E-state index in [2.05, 4.69) is 4.98 Å². The summed E-state index contributed by atoms with van der Waals surface area (Å²) in [6.07, 6.45) is -2.30. The molecule has 0 unspecified atom stereocenters. The Morgan fingerprint density at radius 3 is 2.71 bits per heavy atom. The van der Waals surface area contributed by atoms with Gasteiger partial charge in [0.05, 0.1) is 17.1 Å². The van der Waals surface area contributed by atoms with Crippen molar-refractivity contribution in [3.8, 4) is 0 Å². The summed E-state index contributed by atoms with van der Waals surface area (Å²) in [5, 5.41) is 0. The lowest BCUT2D eigenvalue weighted by molar-refractivity contribution is 0.110. The van der Waals surface area contributed by atoms with E-state index in [9.17, 15) is 13.6 Å². The molecule has 0 radical (unpaired) electrons. The third-order valence-corrected chi connectivity index (χ3v) is 2.68. The van der Waals surface area contributed by atoms with Crippen molar-refractivity contribution in [2.75, 3.05) is 0 Å². The SMILES string of the molecule is O=Cc1c(C(F)F)cc(CCl)nc1I. The summed E-state index contributed by atoms with van der Waals surface area (Å²) in [7, 11) is 0. The molecule has 1 heterocycles. The molecule has 0 saturated heterocycles. The minimum atomic E-state index is -2.69. The highest BCUT2D eigenvalue weighted by molar-refractivity contribution is 14.1. The van der Waals surface area contributed by atoms with Crippen LogP contribution in [0.1, 0.15) is 28.0 Å². The van der Waals surface area contributed by atoms with Gasteiger partial charge in [0, 0.05) is 5.56 Å². The first kappa shape index (κ1) is 11.8. The summed E-state index contributed by atoms with van der Waals surface area (Å²) >= 11 is 7.21. The Hall–Kier alpha value is -0.300. The zero-order valence-corrected chi connectivity index (χ0v) is 9.72. The fraction of sp³-hybridized carbons (Fsp3) is 0.250. The number of aldehydes is 1.